The maximum absolute atomic E-state index is 12.2. The van der Waals surface area contributed by atoms with Crippen molar-refractivity contribution in [3.8, 4) is 5.75 Å². The highest BCUT2D eigenvalue weighted by atomic mass is 35.5. The molecule has 23 heavy (non-hydrogen) atoms. The summed E-state index contributed by atoms with van der Waals surface area (Å²) in [6, 6.07) is 3.49. The van der Waals surface area contributed by atoms with Crippen LogP contribution in [0, 0.1) is 0 Å². The highest BCUT2D eigenvalue weighted by Gasteiger charge is 2.16. The minimum absolute atomic E-state index is 0. The average Bonchev–Trinajstić information content (AvgIpc) is 2.46. The Balaban J connectivity index is 0. The number of hydrogen-bond donors (Lipinski definition) is 0. The van der Waals surface area contributed by atoms with Crippen LogP contribution in [0.1, 0.15) is 39.0 Å². The van der Waals surface area contributed by atoms with Crippen molar-refractivity contribution < 1.29 is 9.53 Å². The molecule has 134 valence electrons. The standard InChI is InChI=1S/C16H27N3O2.2ClH/c1-4-5-6-7-8-12-19(14-18(2)3)16(20)21-15-10-9-11-17-13-15;;/h9-11,13H,4-8,12,14H2,1-3H3;2*1H. The Kier molecular flexibility index (Phi) is 15.3. The van der Waals surface area contributed by atoms with Gasteiger partial charge in [0.25, 0.3) is 0 Å². The first-order valence-corrected chi connectivity index (χ1v) is 7.65. The Morgan fingerprint density at radius 2 is 1.87 bits per heavy atom. The molecule has 1 aromatic heterocycles. The van der Waals surface area contributed by atoms with Crippen molar-refractivity contribution in [2.45, 2.75) is 39.0 Å². The zero-order valence-electron chi connectivity index (χ0n) is 14.2. The second-order valence-electron chi connectivity index (χ2n) is 5.46. The van der Waals surface area contributed by atoms with Crippen LogP contribution < -0.4 is 4.74 Å². The minimum atomic E-state index is -0.313. The summed E-state index contributed by atoms with van der Waals surface area (Å²) < 4.78 is 5.35. The van der Waals surface area contributed by atoms with Gasteiger partial charge in [0.1, 0.15) is 0 Å². The summed E-state index contributed by atoms with van der Waals surface area (Å²) in [5.74, 6) is 0.484. The van der Waals surface area contributed by atoms with E-state index >= 15 is 0 Å². The molecule has 0 aliphatic heterocycles. The first-order valence-electron chi connectivity index (χ1n) is 7.65. The van der Waals surface area contributed by atoms with Crippen molar-refractivity contribution in [2.24, 2.45) is 0 Å². The molecule has 0 fully saturated rings. The molecule has 0 aromatic carbocycles. The molecule has 0 saturated heterocycles. The summed E-state index contributed by atoms with van der Waals surface area (Å²) in [7, 11) is 3.89. The summed E-state index contributed by atoms with van der Waals surface area (Å²) in [4.78, 5) is 19.9. The fourth-order valence-electron chi connectivity index (χ4n) is 2.04. The number of carbonyl (C=O) groups is 1. The van der Waals surface area contributed by atoms with Gasteiger partial charge in [-0.1, -0.05) is 32.6 Å². The Hall–Kier alpha value is -1.04. The zero-order valence-corrected chi connectivity index (χ0v) is 15.9. The average molecular weight is 366 g/mol. The molecule has 0 radical (unpaired) electrons. The minimum Gasteiger partial charge on any atom is -0.409 e. The van der Waals surface area contributed by atoms with Gasteiger partial charge in [0, 0.05) is 12.7 Å². The number of hydrogen-bond acceptors (Lipinski definition) is 4. The largest absolute Gasteiger partial charge is 0.416 e. The molecule has 5 nitrogen and oxygen atoms in total. The first-order chi connectivity index (χ1) is 10.1. The molecule has 0 bridgehead atoms. The Morgan fingerprint density at radius 1 is 1.17 bits per heavy atom. The predicted molar refractivity (Wildman–Crippen MR) is 98.8 cm³/mol. The molecule has 0 aliphatic rings. The molecular weight excluding hydrogens is 337 g/mol. The maximum atomic E-state index is 12.2. The van der Waals surface area contributed by atoms with Crippen LogP contribution >= 0.6 is 24.8 Å². The van der Waals surface area contributed by atoms with Crippen molar-refractivity contribution in [3.63, 3.8) is 0 Å². The normalized spacial score (nSPS) is 9.74. The van der Waals surface area contributed by atoms with Crippen molar-refractivity contribution in [2.75, 3.05) is 27.3 Å². The predicted octanol–water partition coefficient (Wildman–Crippen LogP) is 4.22. The number of unbranched alkanes of at least 4 members (excludes halogenated alkanes) is 4. The number of amides is 1. The van der Waals surface area contributed by atoms with Crippen LogP contribution in [0.3, 0.4) is 0 Å². The van der Waals surface area contributed by atoms with Crippen LogP contribution in [-0.4, -0.2) is 48.2 Å². The number of halogens is 2. The summed E-state index contributed by atoms with van der Waals surface area (Å²) in [6.07, 6.45) is 8.76. The molecule has 7 heteroatoms. The van der Waals surface area contributed by atoms with Crippen LogP contribution in [0.2, 0.25) is 0 Å². The lowest BCUT2D eigenvalue weighted by molar-refractivity contribution is 0.125. The smallest absolute Gasteiger partial charge is 0.409 e. The van der Waals surface area contributed by atoms with Crippen LogP contribution in [0.15, 0.2) is 24.5 Å². The molecular formula is C16H29Cl2N3O2. The Morgan fingerprint density at radius 3 is 2.43 bits per heavy atom. The van der Waals surface area contributed by atoms with E-state index in [1.807, 2.05) is 19.0 Å². The topological polar surface area (TPSA) is 45.7 Å². The second-order valence-corrected chi connectivity index (χ2v) is 5.46. The van der Waals surface area contributed by atoms with E-state index in [1.165, 1.54) is 19.3 Å². The Labute approximate surface area is 152 Å². The number of carbonyl (C=O) groups excluding carboxylic acids is 1. The lowest BCUT2D eigenvalue weighted by Crippen LogP contribution is -2.40. The molecule has 0 N–H and O–H groups in total. The van der Waals surface area contributed by atoms with Gasteiger partial charge in [-0.05, 0) is 32.6 Å². The van der Waals surface area contributed by atoms with Crippen molar-refractivity contribution in [1.82, 2.24) is 14.8 Å². The SMILES string of the molecule is CCCCCCCN(CN(C)C)C(=O)Oc1cccnc1.Cl.Cl. The van der Waals surface area contributed by atoms with Gasteiger partial charge in [0.2, 0.25) is 0 Å². The van der Waals surface area contributed by atoms with Gasteiger partial charge < -0.3 is 4.74 Å². The molecule has 1 rings (SSSR count). The second kappa shape index (κ2) is 14.5. The highest BCUT2D eigenvalue weighted by molar-refractivity contribution is 5.85. The molecule has 0 unspecified atom stereocenters. The van der Waals surface area contributed by atoms with Crippen molar-refractivity contribution >= 4 is 30.9 Å². The van der Waals surface area contributed by atoms with Crippen LogP contribution in [0.4, 0.5) is 4.79 Å². The molecule has 0 spiro atoms. The summed E-state index contributed by atoms with van der Waals surface area (Å²) in [6.45, 7) is 3.48. The lowest BCUT2D eigenvalue weighted by Gasteiger charge is -2.25. The van der Waals surface area contributed by atoms with Gasteiger partial charge in [-0.25, -0.2) is 4.79 Å². The number of ether oxygens (including phenoxy) is 1. The van der Waals surface area contributed by atoms with Gasteiger partial charge >= 0.3 is 6.09 Å². The molecule has 1 aromatic rings. The van der Waals surface area contributed by atoms with Gasteiger partial charge in [-0.15, -0.1) is 24.8 Å². The van der Waals surface area contributed by atoms with Gasteiger partial charge in [-0.2, -0.15) is 0 Å². The van der Waals surface area contributed by atoms with E-state index in [1.54, 1.807) is 29.4 Å². The van der Waals surface area contributed by atoms with E-state index in [4.69, 9.17) is 4.74 Å². The molecule has 0 aliphatic carbocycles. The van der Waals surface area contributed by atoms with Crippen molar-refractivity contribution in [1.29, 1.82) is 0 Å². The summed E-state index contributed by atoms with van der Waals surface area (Å²) in [5.41, 5.74) is 0. The van der Waals surface area contributed by atoms with Crippen molar-refractivity contribution in [3.05, 3.63) is 24.5 Å². The third-order valence-electron chi connectivity index (χ3n) is 3.08. The fourth-order valence-corrected chi connectivity index (χ4v) is 2.04. The first kappa shape index (κ1) is 24.2. The summed E-state index contributed by atoms with van der Waals surface area (Å²) in [5, 5.41) is 0. The van der Waals surface area contributed by atoms with E-state index < -0.39 is 0 Å². The number of rotatable bonds is 9. The number of aromatic nitrogens is 1. The van der Waals surface area contributed by atoms with Crippen LogP contribution in [0.5, 0.6) is 5.75 Å². The third kappa shape index (κ3) is 11.2. The van der Waals surface area contributed by atoms with E-state index in [-0.39, 0.29) is 30.9 Å². The Bertz CT molecular complexity index is 406. The quantitative estimate of drug-likeness (QED) is 0.485. The fraction of sp³-hybridized carbons (Fsp3) is 0.625. The van der Waals surface area contributed by atoms with Gasteiger partial charge in [0.15, 0.2) is 5.75 Å². The van der Waals surface area contributed by atoms with Gasteiger partial charge in [-0.3, -0.25) is 14.8 Å². The van der Waals surface area contributed by atoms with Gasteiger partial charge in [0.05, 0.1) is 12.9 Å². The highest BCUT2D eigenvalue weighted by Crippen LogP contribution is 2.10. The van der Waals surface area contributed by atoms with Crippen LogP contribution in [-0.2, 0) is 0 Å². The molecule has 0 saturated carbocycles. The van der Waals surface area contributed by atoms with E-state index in [0.717, 1.165) is 19.4 Å². The van der Waals surface area contributed by atoms with E-state index in [9.17, 15) is 4.79 Å². The third-order valence-corrected chi connectivity index (χ3v) is 3.08. The lowest BCUT2D eigenvalue weighted by atomic mass is 10.1. The van der Waals surface area contributed by atoms with E-state index in [0.29, 0.717) is 12.4 Å². The molecule has 1 amide bonds. The molecule has 1 heterocycles. The maximum Gasteiger partial charge on any atom is 0.416 e. The monoisotopic (exact) mass is 365 g/mol. The van der Waals surface area contributed by atoms with Crippen LogP contribution in [0.25, 0.3) is 0 Å². The number of nitrogens with zero attached hydrogens (tertiary/aromatic N) is 3. The van der Waals surface area contributed by atoms with E-state index in [2.05, 4.69) is 11.9 Å². The summed E-state index contributed by atoms with van der Waals surface area (Å²) >= 11 is 0. The zero-order chi connectivity index (χ0) is 15.5. The molecule has 0 atom stereocenters. The number of pyridine rings is 1.